The minimum Gasteiger partial charge on any atom is -0.467 e. The molecule has 0 radical (unpaired) electrons. The van der Waals surface area contributed by atoms with E-state index in [0.717, 1.165) is 16.9 Å². The summed E-state index contributed by atoms with van der Waals surface area (Å²) in [6.07, 6.45) is 1.61. The van der Waals surface area contributed by atoms with Gasteiger partial charge in [-0.1, -0.05) is 42.5 Å². The lowest BCUT2D eigenvalue weighted by molar-refractivity contribution is -0.128. The average molecular weight is 392 g/mol. The zero-order valence-corrected chi connectivity index (χ0v) is 16.0. The smallest absolute Gasteiger partial charge is 0.251 e. The molecule has 0 spiro atoms. The molecule has 1 aromatic heterocycles. The molecule has 1 aliphatic rings. The van der Waals surface area contributed by atoms with E-state index in [1.807, 2.05) is 71.6 Å². The van der Waals surface area contributed by atoms with Crippen molar-refractivity contribution in [2.24, 2.45) is 0 Å². The number of thioether (sulfide) groups is 1. The number of amides is 2. The van der Waals surface area contributed by atoms with Crippen LogP contribution in [-0.2, 0) is 17.9 Å². The summed E-state index contributed by atoms with van der Waals surface area (Å²) in [5.41, 5.74) is 2.66. The second-order valence-corrected chi connectivity index (χ2v) is 7.62. The van der Waals surface area contributed by atoms with Crippen molar-refractivity contribution in [3.05, 3.63) is 95.4 Å². The molecule has 1 fully saturated rings. The summed E-state index contributed by atoms with van der Waals surface area (Å²) in [7, 11) is 0. The Morgan fingerprint density at radius 3 is 2.57 bits per heavy atom. The largest absolute Gasteiger partial charge is 0.467 e. The molecule has 3 aromatic rings. The topological polar surface area (TPSA) is 62.6 Å². The third kappa shape index (κ3) is 4.12. The molecule has 0 aliphatic carbocycles. The van der Waals surface area contributed by atoms with E-state index in [9.17, 15) is 9.59 Å². The van der Waals surface area contributed by atoms with Gasteiger partial charge in [-0.05, 0) is 35.4 Å². The summed E-state index contributed by atoms with van der Waals surface area (Å²) in [6.45, 7) is 0.939. The maximum atomic E-state index is 12.4. The van der Waals surface area contributed by atoms with Crippen LogP contribution in [0, 0.1) is 0 Å². The standard InChI is InChI=1S/C22H20N2O3S/c25-20-15-28-22(24(20)14-19-7-4-12-27-19)18-10-8-17(9-11-18)21(26)23-13-16-5-2-1-3-6-16/h1-12,22H,13-15H2,(H,23,26)/t22-/m1/s1. The second-order valence-electron chi connectivity index (χ2n) is 6.55. The van der Waals surface area contributed by atoms with Crippen LogP contribution in [-0.4, -0.2) is 22.5 Å². The van der Waals surface area contributed by atoms with Gasteiger partial charge in [-0.2, -0.15) is 0 Å². The summed E-state index contributed by atoms with van der Waals surface area (Å²) in [5.74, 6) is 1.19. The van der Waals surface area contributed by atoms with Crippen molar-refractivity contribution in [3.63, 3.8) is 0 Å². The maximum Gasteiger partial charge on any atom is 0.251 e. The van der Waals surface area contributed by atoms with Crippen molar-refractivity contribution in [3.8, 4) is 0 Å². The Kier molecular flexibility index (Phi) is 5.48. The van der Waals surface area contributed by atoms with Crippen molar-refractivity contribution in [1.29, 1.82) is 0 Å². The monoisotopic (exact) mass is 392 g/mol. The van der Waals surface area contributed by atoms with Crippen LogP contribution >= 0.6 is 11.8 Å². The van der Waals surface area contributed by atoms with E-state index >= 15 is 0 Å². The molecule has 1 saturated heterocycles. The summed E-state index contributed by atoms with van der Waals surface area (Å²) < 4.78 is 5.39. The molecule has 1 N–H and O–H groups in total. The summed E-state index contributed by atoms with van der Waals surface area (Å²) in [4.78, 5) is 26.5. The van der Waals surface area contributed by atoms with Gasteiger partial charge in [0.2, 0.25) is 5.91 Å². The highest BCUT2D eigenvalue weighted by molar-refractivity contribution is 8.00. The number of hydrogen-bond acceptors (Lipinski definition) is 4. The van der Waals surface area contributed by atoms with Crippen LogP contribution in [0.5, 0.6) is 0 Å². The van der Waals surface area contributed by atoms with E-state index < -0.39 is 0 Å². The lowest BCUT2D eigenvalue weighted by Crippen LogP contribution is -2.27. The van der Waals surface area contributed by atoms with Crippen LogP contribution in [0.15, 0.2) is 77.4 Å². The van der Waals surface area contributed by atoms with Gasteiger partial charge in [0.25, 0.3) is 5.91 Å². The molecule has 0 saturated carbocycles. The fourth-order valence-electron chi connectivity index (χ4n) is 3.15. The lowest BCUT2D eigenvalue weighted by atomic mass is 10.1. The first kappa shape index (κ1) is 18.4. The number of nitrogens with one attached hydrogen (secondary N) is 1. The Balaban J connectivity index is 1.42. The number of nitrogens with zero attached hydrogens (tertiary/aromatic N) is 1. The van der Waals surface area contributed by atoms with Crippen LogP contribution in [0.3, 0.4) is 0 Å². The number of hydrogen-bond donors (Lipinski definition) is 1. The number of furan rings is 1. The molecule has 142 valence electrons. The van der Waals surface area contributed by atoms with E-state index in [0.29, 0.717) is 24.4 Å². The molecule has 2 heterocycles. The van der Waals surface area contributed by atoms with E-state index in [2.05, 4.69) is 5.32 Å². The van der Waals surface area contributed by atoms with E-state index in [1.165, 1.54) is 0 Å². The van der Waals surface area contributed by atoms with Gasteiger partial charge in [0.15, 0.2) is 0 Å². The fourth-order valence-corrected chi connectivity index (χ4v) is 4.34. The van der Waals surface area contributed by atoms with E-state index in [1.54, 1.807) is 18.0 Å². The molecule has 6 heteroatoms. The van der Waals surface area contributed by atoms with Crippen LogP contribution in [0.4, 0.5) is 0 Å². The van der Waals surface area contributed by atoms with Crippen LogP contribution in [0.2, 0.25) is 0 Å². The molecular formula is C22H20N2O3S. The van der Waals surface area contributed by atoms with Gasteiger partial charge in [0.1, 0.15) is 11.1 Å². The SMILES string of the molecule is O=C(NCc1ccccc1)c1ccc([C@H]2SCC(=O)N2Cc2ccco2)cc1. The highest BCUT2D eigenvalue weighted by atomic mass is 32.2. The molecular weight excluding hydrogens is 372 g/mol. The highest BCUT2D eigenvalue weighted by Crippen LogP contribution is 2.39. The molecule has 4 rings (SSSR count). The minimum atomic E-state index is -0.113. The van der Waals surface area contributed by atoms with Crippen molar-refractivity contribution >= 4 is 23.6 Å². The molecule has 1 atom stereocenters. The Bertz CT molecular complexity index is 940. The van der Waals surface area contributed by atoms with Crippen molar-refractivity contribution in [2.45, 2.75) is 18.5 Å². The van der Waals surface area contributed by atoms with Crippen LogP contribution in [0.25, 0.3) is 0 Å². The number of rotatable bonds is 6. The quantitative estimate of drug-likeness (QED) is 0.689. The Labute approximate surface area is 167 Å². The van der Waals surface area contributed by atoms with E-state index in [-0.39, 0.29) is 17.2 Å². The molecule has 2 aromatic carbocycles. The third-order valence-corrected chi connectivity index (χ3v) is 5.88. The zero-order chi connectivity index (χ0) is 19.3. The van der Waals surface area contributed by atoms with Gasteiger partial charge >= 0.3 is 0 Å². The van der Waals surface area contributed by atoms with Gasteiger partial charge in [0.05, 0.1) is 18.6 Å². The van der Waals surface area contributed by atoms with Gasteiger partial charge in [-0.15, -0.1) is 11.8 Å². The Morgan fingerprint density at radius 2 is 1.86 bits per heavy atom. The summed E-state index contributed by atoms with van der Waals surface area (Å²) >= 11 is 1.59. The van der Waals surface area contributed by atoms with Crippen molar-refractivity contribution in [2.75, 3.05) is 5.75 Å². The molecule has 2 amide bonds. The first-order valence-electron chi connectivity index (χ1n) is 9.06. The predicted molar refractivity (Wildman–Crippen MR) is 109 cm³/mol. The van der Waals surface area contributed by atoms with E-state index in [4.69, 9.17) is 4.42 Å². The first-order valence-corrected chi connectivity index (χ1v) is 10.1. The molecule has 5 nitrogen and oxygen atoms in total. The zero-order valence-electron chi connectivity index (χ0n) is 15.2. The number of carbonyl (C=O) groups is 2. The summed E-state index contributed by atoms with van der Waals surface area (Å²) in [5, 5.41) is 2.86. The number of benzene rings is 2. The summed E-state index contributed by atoms with van der Waals surface area (Å²) in [6, 6.07) is 21.0. The Hall–Kier alpha value is -2.99. The number of carbonyl (C=O) groups excluding carboxylic acids is 2. The van der Waals surface area contributed by atoms with Gasteiger partial charge in [0, 0.05) is 12.1 Å². The normalized spacial score (nSPS) is 16.4. The lowest BCUT2D eigenvalue weighted by Gasteiger charge is -2.23. The maximum absolute atomic E-state index is 12.4. The highest BCUT2D eigenvalue weighted by Gasteiger charge is 2.33. The van der Waals surface area contributed by atoms with Gasteiger partial charge in [-0.25, -0.2) is 0 Å². The minimum absolute atomic E-state index is 0.0703. The predicted octanol–water partition coefficient (Wildman–Crippen LogP) is 3.98. The fraction of sp³-hybridized carbons (Fsp3) is 0.182. The van der Waals surface area contributed by atoms with Crippen molar-refractivity contribution < 1.29 is 14.0 Å². The van der Waals surface area contributed by atoms with Crippen LogP contribution in [0.1, 0.15) is 32.6 Å². The molecule has 28 heavy (non-hydrogen) atoms. The second kappa shape index (κ2) is 8.35. The first-order chi connectivity index (χ1) is 13.7. The van der Waals surface area contributed by atoms with Gasteiger partial charge in [-0.3, -0.25) is 9.59 Å². The molecule has 0 unspecified atom stereocenters. The third-order valence-electron chi connectivity index (χ3n) is 4.63. The Morgan fingerprint density at radius 1 is 1.07 bits per heavy atom. The average Bonchev–Trinajstić information content (AvgIpc) is 3.38. The molecule has 1 aliphatic heterocycles. The molecule has 0 bridgehead atoms. The van der Waals surface area contributed by atoms with Crippen LogP contribution < -0.4 is 5.32 Å². The van der Waals surface area contributed by atoms with Gasteiger partial charge < -0.3 is 14.6 Å². The van der Waals surface area contributed by atoms with Crippen molar-refractivity contribution in [1.82, 2.24) is 10.2 Å².